The number of likely N-dealkylation sites (N-methyl/N-ethyl adjacent to an activating group) is 1. The Labute approximate surface area is 117 Å². The number of hydrogen-bond acceptors (Lipinski definition) is 3. The lowest BCUT2D eigenvalue weighted by atomic mass is 9.71. The number of rotatable bonds is 6. The van der Waals surface area contributed by atoms with Crippen LogP contribution in [0.25, 0.3) is 0 Å². The molecule has 19 heavy (non-hydrogen) atoms. The van der Waals surface area contributed by atoms with Gasteiger partial charge in [-0.15, -0.1) is 0 Å². The van der Waals surface area contributed by atoms with Crippen LogP contribution in [0.2, 0.25) is 0 Å². The molecule has 0 aliphatic rings. The fourth-order valence-electron chi connectivity index (χ4n) is 2.68. The highest BCUT2D eigenvalue weighted by Crippen LogP contribution is 2.41. The van der Waals surface area contributed by atoms with Gasteiger partial charge in [-0.3, -0.25) is 0 Å². The Hall–Kier alpha value is -1.22. The van der Waals surface area contributed by atoms with E-state index in [0.717, 1.165) is 18.0 Å². The van der Waals surface area contributed by atoms with Crippen molar-refractivity contribution in [3.8, 4) is 11.5 Å². The summed E-state index contributed by atoms with van der Waals surface area (Å²) in [6.45, 7) is 9.82. The van der Waals surface area contributed by atoms with Crippen molar-refractivity contribution < 1.29 is 9.47 Å². The lowest BCUT2D eigenvalue weighted by molar-refractivity contribution is 0.306. The molecule has 3 nitrogen and oxygen atoms in total. The van der Waals surface area contributed by atoms with Crippen LogP contribution in [0.4, 0.5) is 0 Å². The van der Waals surface area contributed by atoms with E-state index in [2.05, 4.69) is 39.1 Å². The highest BCUT2D eigenvalue weighted by Gasteiger charge is 2.34. The Morgan fingerprint density at radius 1 is 1.21 bits per heavy atom. The van der Waals surface area contributed by atoms with Gasteiger partial charge in [0, 0.05) is 23.6 Å². The summed E-state index contributed by atoms with van der Waals surface area (Å²) in [5.74, 6) is 2.25. The molecular formula is C16H27NO2. The molecule has 1 atom stereocenters. The molecule has 0 spiro atoms. The molecule has 0 aromatic heterocycles. The van der Waals surface area contributed by atoms with Gasteiger partial charge in [0.2, 0.25) is 0 Å². The molecule has 0 aliphatic carbocycles. The van der Waals surface area contributed by atoms with Crippen LogP contribution in [-0.2, 0) is 5.41 Å². The van der Waals surface area contributed by atoms with Gasteiger partial charge in [0.1, 0.15) is 11.5 Å². The third-order valence-corrected chi connectivity index (χ3v) is 4.12. The van der Waals surface area contributed by atoms with Gasteiger partial charge in [-0.05, 0) is 31.5 Å². The lowest BCUT2D eigenvalue weighted by Crippen LogP contribution is -2.39. The van der Waals surface area contributed by atoms with Crippen LogP contribution in [0.5, 0.6) is 11.5 Å². The van der Waals surface area contributed by atoms with E-state index < -0.39 is 0 Å². The van der Waals surface area contributed by atoms with Crippen molar-refractivity contribution in [2.24, 2.45) is 5.92 Å². The fourth-order valence-corrected chi connectivity index (χ4v) is 2.68. The summed E-state index contributed by atoms with van der Waals surface area (Å²) in [7, 11) is 5.40. The summed E-state index contributed by atoms with van der Waals surface area (Å²) < 4.78 is 10.9. The molecule has 1 rings (SSSR count). The number of nitrogens with one attached hydrogen (secondary N) is 1. The SMILES string of the molecule is CNCC(C)(c1c(C)cc(OC)cc1OC)C(C)C. The van der Waals surface area contributed by atoms with Crippen molar-refractivity contribution in [2.75, 3.05) is 27.8 Å². The summed E-state index contributed by atoms with van der Waals surface area (Å²) in [5.41, 5.74) is 2.50. The Bertz CT molecular complexity index is 429. The highest BCUT2D eigenvalue weighted by molar-refractivity contribution is 5.50. The summed E-state index contributed by atoms with van der Waals surface area (Å²) in [5, 5.41) is 3.31. The van der Waals surface area contributed by atoms with Gasteiger partial charge < -0.3 is 14.8 Å². The zero-order chi connectivity index (χ0) is 14.6. The second kappa shape index (κ2) is 6.29. The van der Waals surface area contributed by atoms with Crippen molar-refractivity contribution in [3.63, 3.8) is 0 Å². The molecule has 1 unspecified atom stereocenters. The maximum absolute atomic E-state index is 5.60. The lowest BCUT2D eigenvalue weighted by Gasteiger charge is -2.36. The fraction of sp³-hybridized carbons (Fsp3) is 0.625. The predicted molar refractivity (Wildman–Crippen MR) is 80.4 cm³/mol. The van der Waals surface area contributed by atoms with Crippen LogP contribution in [0.3, 0.4) is 0 Å². The molecule has 1 aromatic rings. The molecule has 3 heteroatoms. The van der Waals surface area contributed by atoms with Crippen molar-refractivity contribution >= 4 is 0 Å². The van der Waals surface area contributed by atoms with E-state index in [1.165, 1.54) is 11.1 Å². The van der Waals surface area contributed by atoms with E-state index in [1.807, 2.05) is 13.1 Å². The Kier molecular flexibility index (Phi) is 5.24. The van der Waals surface area contributed by atoms with Crippen LogP contribution in [0.1, 0.15) is 31.9 Å². The molecule has 0 fully saturated rings. The summed E-state index contributed by atoms with van der Waals surface area (Å²) in [4.78, 5) is 0. The predicted octanol–water partition coefficient (Wildman–Crippen LogP) is 3.15. The van der Waals surface area contributed by atoms with Gasteiger partial charge in [0.05, 0.1) is 14.2 Å². The first kappa shape index (κ1) is 15.8. The molecule has 0 amide bonds. The molecule has 0 bridgehead atoms. The first-order valence-corrected chi connectivity index (χ1v) is 6.78. The molecule has 1 N–H and O–H groups in total. The number of aryl methyl sites for hydroxylation is 1. The minimum atomic E-state index is 0.0243. The minimum absolute atomic E-state index is 0.0243. The van der Waals surface area contributed by atoms with Crippen LogP contribution < -0.4 is 14.8 Å². The number of hydrogen-bond donors (Lipinski definition) is 1. The van der Waals surface area contributed by atoms with Gasteiger partial charge in [0.15, 0.2) is 0 Å². The van der Waals surface area contributed by atoms with Crippen molar-refractivity contribution in [1.29, 1.82) is 0 Å². The van der Waals surface area contributed by atoms with Gasteiger partial charge in [0.25, 0.3) is 0 Å². The van der Waals surface area contributed by atoms with E-state index in [0.29, 0.717) is 5.92 Å². The number of ether oxygens (including phenoxy) is 2. The second-order valence-corrected chi connectivity index (χ2v) is 5.62. The quantitative estimate of drug-likeness (QED) is 0.857. The van der Waals surface area contributed by atoms with E-state index in [9.17, 15) is 0 Å². The first-order chi connectivity index (χ1) is 8.90. The smallest absolute Gasteiger partial charge is 0.126 e. The minimum Gasteiger partial charge on any atom is -0.497 e. The van der Waals surface area contributed by atoms with Gasteiger partial charge in [-0.25, -0.2) is 0 Å². The maximum Gasteiger partial charge on any atom is 0.126 e. The Balaban J connectivity index is 3.45. The van der Waals surface area contributed by atoms with Crippen molar-refractivity contribution in [2.45, 2.75) is 33.1 Å². The number of methoxy groups -OCH3 is 2. The van der Waals surface area contributed by atoms with E-state index in [1.54, 1.807) is 14.2 Å². The van der Waals surface area contributed by atoms with Gasteiger partial charge in [-0.2, -0.15) is 0 Å². The van der Waals surface area contributed by atoms with Gasteiger partial charge in [-0.1, -0.05) is 20.8 Å². The standard InChI is InChI=1S/C16H27NO2/c1-11(2)16(4,10-17-5)15-12(3)8-13(18-6)9-14(15)19-7/h8-9,11,17H,10H2,1-7H3. The Morgan fingerprint density at radius 2 is 1.84 bits per heavy atom. The molecule has 0 saturated carbocycles. The zero-order valence-corrected chi connectivity index (χ0v) is 13.3. The molecule has 0 aliphatic heterocycles. The second-order valence-electron chi connectivity index (χ2n) is 5.62. The third kappa shape index (κ3) is 3.03. The molecule has 0 heterocycles. The van der Waals surface area contributed by atoms with E-state index >= 15 is 0 Å². The van der Waals surface area contributed by atoms with Crippen molar-refractivity contribution in [3.05, 3.63) is 23.3 Å². The largest absolute Gasteiger partial charge is 0.497 e. The molecule has 0 radical (unpaired) electrons. The number of benzene rings is 1. The average Bonchev–Trinajstić information content (AvgIpc) is 2.37. The van der Waals surface area contributed by atoms with Crippen LogP contribution in [0, 0.1) is 12.8 Å². The molecule has 108 valence electrons. The Morgan fingerprint density at radius 3 is 2.26 bits per heavy atom. The van der Waals surface area contributed by atoms with Crippen LogP contribution in [0.15, 0.2) is 12.1 Å². The topological polar surface area (TPSA) is 30.5 Å². The van der Waals surface area contributed by atoms with E-state index in [-0.39, 0.29) is 5.41 Å². The molecular weight excluding hydrogens is 238 g/mol. The molecule has 0 saturated heterocycles. The first-order valence-electron chi connectivity index (χ1n) is 6.78. The van der Waals surface area contributed by atoms with Gasteiger partial charge >= 0.3 is 0 Å². The van der Waals surface area contributed by atoms with Crippen LogP contribution in [-0.4, -0.2) is 27.8 Å². The summed E-state index contributed by atoms with van der Waals surface area (Å²) in [6.07, 6.45) is 0. The maximum atomic E-state index is 5.60. The summed E-state index contributed by atoms with van der Waals surface area (Å²) in [6, 6.07) is 4.05. The third-order valence-electron chi connectivity index (χ3n) is 4.12. The zero-order valence-electron chi connectivity index (χ0n) is 13.3. The molecule has 1 aromatic carbocycles. The van der Waals surface area contributed by atoms with Crippen molar-refractivity contribution in [1.82, 2.24) is 5.32 Å². The highest BCUT2D eigenvalue weighted by atomic mass is 16.5. The van der Waals surface area contributed by atoms with Crippen LogP contribution >= 0.6 is 0 Å². The van der Waals surface area contributed by atoms with E-state index in [4.69, 9.17) is 9.47 Å². The monoisotopic (exact) mass is 265 g/mol. The summed E-state index contributed by atoms with van der Waals surface area (Å²) >= 11 is 0. The normalized spacial score (nSPS) is 14.3. The average molecular weight is 265 g/mol.